The molecule has 0 bridgehead atoms. The molecule has 0 aliphatic carbocycles. The quantitative estimate of drug-likeness (QED) is 0.578. The van der Waals surface area contributed by atoms with E-state index in [1.165, 1.54) is 29.6 Å². The number of sulfonamides is 1. The van der Waals surface area contributed by atoms with Gasteiger partial charge in [-0.1, -0.05) is 18.2 Å². The van der Waals surface area contributed by atoms with E-state index < -0.39 is 10.0 Å². The molecule has 0 saturated carbocycles. The molecule has 172 valence electrons. The number of nitrogens with one attached hydrogen (secondary N) is 2. The molecule has 0 spiro atoms. The van der Waals surface area contributed by atoms with E-state index in [1.807, 2.05) is 30.3 Å². The maximum Gasteiger partial charge on any atom is 0.254 e. The number of benzene rings is 2. The third-order valence-corrected chi connectivity index (χ3v) is 7.38. The predicted octanol–water partition coefficient (Wildman–Crippen LogP) is 2.41. The van der Waals surface area contributed by atoms with Crippen molar-refractivity contribution < 1.29 is 18.0 Å². The van der Waals surface area contributed by atoms with Crippen molar-refractivity contribution in [3.05, 3.63) is 72.6 Å². The van der Waals surface area contributed by atoms with Crippen molar-refractivity contribution in [1.29, 1.82) is 0 Å². The van der Waals surface area contributed by atoms with E-state index in [4.69, 9.17) is 0 Å². The average Bonchev–Trinajstić information content (AvgIpc) is 3.31. The number of carbonyl (C=O) groups is 2. The summed E-state index contributed by atoms with van der Waals surface area (Å²) in [5.74, 6) is -0.450. The molecule has 0 radical (unpaired) electrons. The molecule has 33 heavy (non-hydrogen) atoms. The second-order valence-electron chi connectivity index (χ2n) is 7.87. The van der Waals surface area contributed by atoms with Crippen LogP contribution in [0.25, 0.3) is 5.69 Å². The maximum absolute atomic E-state index is 12.9. The number of carbonyl (C=O) groups excluding carboxylic acids is 2. The molecule has 9 nitrogen and oxygen atoms in total. The number of piperidine rings is 1. The van der Waals surface area contributed by atoms with Gasteiger partial charge in [0.2, 0.25) is 15.9 Å². The molecular weight excluding hydrogens is 442 g/mol. The highest BCUT2D eigenvalue weighted by Crippen LogP contribution is 2.22. The van der Waals surface area contributed by atoms with Crippen LogP contribution in [-0.4, -0.2) is 53.4 Å². The lowest BCUT2D eigenvalue weighted by Crippen LogP contribution is -2.46. The Kier molecular flexibility index (Phi) is 6.57. The summed E-state index contributed by atoms with van der Waals surface area (Å²) in [5.41, 5.74) is 1.85. The van der Waals surface area contributed by atoms with Gasteiger partial charge in [-0.3, -0.25) is 9.59 Å². The molecule has 4 rings (SSSR count). The van der Waals surface area contributed by atoms with Gasteiger partial charge in [-0.2, -0.15) is 9.40 Å². The first-order chi connectivity index (χ1) is 15.8. The minimum Gasteiger partial charge on any atom is -0.349 e. The molecule has 1 aliphatic rings. The normalized spacial score (nSPS) is 15.2. The Balaban J connectivity index is 1.33. The van der Waals surface area contributed by atoms with Crippen molar-refractivity contribution >= 4 is 27.5 Å². The number of rotatable bonds is 6. The van der Waals surface area contributed by atoms with Gasteiger partial charge in [0, 0.05) is 37.9 Å². The van der Waals surface area contributed by atoms with Crippen molar-refractivity contribution in [3.63, 3.8) is 0 Å². The molecule has 10 heteroatoms. The van der Waals surface area contributed by atoms with Crippen LogP contribution < -0.4 is 10.6 Å². The van der Waals surface area contributed by atoms with Gasteiger partial charge in [-0.05, 0) is 49.2 Å². The molecule has 2 aromatic carbocycles. The minimum absolute atomic E-state index is 0.119. The molecule has 3 aromatic rings. The molecule has 2 amide bonds. The van der Waals surface area contributed by atoms with Crippen LogP contribution >= 0.6 is 0 Å². The Labute approximate surface area is 192 Å². The van der Waals surface area contributed by atoms with E-state index in [0.717, 1.165) is 5.69 Å². The van der Waals surface area contributed by atoms with Crippen LogP contribution in [0.15, 0.2) is 71.9 Å². The number of amides is 2. The predicted molar refractivity (Wildman–Crippen MR) is 124 cm³/mol. The van der Waals surface area contributed by atoms with Gasteiger partial charge in [0.05, 0.1) is 22.3 Å². The van der Waals surface area contributed by atoms with Crippen LogP contribution in [0.3, 0.4) is 0 Å². The molecule has 2 N–H and O–H groups in total. The first kappa shape index (κ1) is 22.7. The summed E-state index contributed by atoms with van der Waals surface area (Å²) >= 11 is 0. The van der Waals surface area contributed by atoms with E-state index in [9.17, 15) is 18.0 Å². The van der Waals surface area contributed by atoms with Crippen molar-refractivity contribution in [2.24, 2.45) is 0 Å². The zero-order valence-corrected chi connectivity index (χ0v) is 19.0. The van der Waals surface area contributed by atoms with Crippen LogP contribution in [0.5, 0.6) is 0 Å². The largest absolute Gasteiger partial charge is 0.349 e. The van der Waals surface area contributed by atoms with E-state index in [0.29, 0.717) is 37.2 Å². The molecule has 0 atom stereocenters. The zero-order chi connectivity index (χ0) is 23.4. The van der Waals surface area contributed by atoms with E-state index in [1.54, 1.807) is 23.0 Å². The SMILES string of the molecule is CC(=O)Nc1ccc(S(=O)(=O)N2CCC(NC(=O)c3cnn(-c4ccccc4)c3)CC2)cc1. The van der Waals surface area contributed by atoms with Gasteiger partial charge in [0.1, 0.15) is 0 Å². The summed E-state index contributed by atoms with van der Waals surface area (Å²) in [6.45, 7) is 2.01. The van der Waals surface area contributed by atoms with E-state index >= 15 is 0 Å². The molecule has 1 aromatic heterocycles. The second kappa shape index (κ2) is 9.55. The van der Waals surface area contributed by atoms with Crippen LogP contribution in [0, 0.1) is 0 Å². The lowest BCUT2D eigenvalue weighted by atomic mass is 10.1. The van der Waals surface area contributed by atoms with Gasteiger partial charge in [-0.25, -0.2) is 13.1 Å². The Bertz CT molecular complexity index is 1230. The van der Waals surface area contributed by atoms with Crippen molar-refractivity contribution in [3.8, 4) is 5.69 Å². The van der Waals surface area contributed by atoms with Gasteiger partial charge < -0.3 is 10.6 Å². The van der Waals surface area contributed by atoms with Crippen LogP contribution in [0.2, 0.25) is 0 Å². The molecule has 1 saturated heterocycles. The van der Waals surface area contributed by atoms with Crippen LogP contribution in [-0.2, 0) is 14.8 Å². The lowest BCUT2D eigenvalue weighted by Gasteiger charge is -2.31. The summed E-state index contributed by atoms with van der Waals surface area (Å²) in [5, 5.41) is 9.85. The molecular formula is C23H25N5O4S. The third kappa shape index (κ3) is 5.29. The number of anilines is 1. The topological polar surface area (TPSA) is 113 Å². The summed E-state index contributed by atoms with van der Waals surface area (Å²) in [7, 11) is -3.64. The number of para-hydroxylation sites is 1. The summed E-state index contributed by atoms with van der Waals surface area (Å²) < 4.78 is 29.0. The highest BCUT2D eigenvalue weighted by Gasteiger charge is 2.30. The fourth-order valence-electron chi connectivity index (χ4n) is 3.73. The first-order valence-corrected chi connectivity index (χ1v) is 12.1. The highest BCUT2D eigenvalue weighted by molar-refractivity contribution is 7.89. The second-order valence-corrected chi connectivity index (χ2v) is 9.80. The molecule has 1 aliphatic heterocycles. The number of nitrogens with zero attached hydrogens (tertiary/aromatic N) is 3. The average molecular weight is 468 g/mol. The van der Waals surface area contributed by atoms with Gasteiger partial charge in [0.25, 0.3) is 5.91 Å². The van der Waals surface area contributed by atoms with Crippen LogP contribution in [0.4, 0.5) is 5.69 Å². The van der Waals surface area contributed by atoms with Gasteiger partial charge >= 0.3 is 0 Å². The minimum atomic E-state index is -3.64. The third-order valence-electron chi connectivity index (χ3n) is 5.47. The zero-order valence-electron chi connectivity index (χ0n) is 18.1. The first-order valence-electron chi connectivity index (χ1n) is 10.6. The number of aromatic nitrogens is 2. The van der Waals surface area contributed by atoms with Crippen molar-refractivity contribution in [2.75, 3.05) is 18.4 Å². The Morgan fingerprint density at radius 1 is 1.00 bits per heavy atom. The lowest BCUT2D eigenvalue weighted by molar-refractivity contribution is -0.114. The Hall–Kier alpha value is -3.50. The Morgan fingerprint density at radius 3 is 2.30 bits per heavy atom. The number of hydrogen-bond acceptors (Lipinski definition) is 5. The van der Waals surface area contributed by atoms with Crippen molar-refractivity contribution in [1.82, 2.24) is 19.4 Å². The standard InChI is InChI=1S/C23H25N5O4S/c1-17(29)25-19-7-9-22(10-8-19)33(31,32)27-13-11-20(12-14-27)26-23(30)18-15-24-28(16-18)21-5-3-2-4-6-21/h2-10,15-16,20H,11-14H2,1H3,(H,25,29)(H,26,30). The van der Waals surface area contributed by atoms with E-state index in [-0.39, 0.29) is 22.8 Å². The fraction of sp³-hybridized carbons (Fsp3) is 0.261. The van der Waals surface area contributed by atoms with Crippen LogP contribution in [0.1, 0.15) is 30.1 Å². The van der Waals surface area contributed by atoms with Gasteiger partial charge in [-0.15, -0.1) is 0 Å². The molecule has 1 fully saturated rings. The number of hydrogen-bond donors (Lipinski definition) is 2. The monoisotopic (exact) mass is 467 g/mol. The highest BCUT2D eigenvalue weighted by atomic mass is 32.2. The molecule has 0 unspecified atom stereocenters. The fourth-order valence-corrected chi connectivity index (χ4v) is 5.20. The maximum atomic E-state index is 12.9. The smallest absolute Gasteiger partial charge is 0.254 e. The Morgan fingerprint density at radius 2 is 1.67 bits per heavy atom. The van der Waals surface area contributed by atoms with Gasteiger partial charge in [0.15, 0.2) is 0 Å². The summed E-state index contributed by atoms with van der Waals surface area (Å²) in [6, 6.07) is 15.5. The molecule has 2 heterocycles. The summed E-state index contributed by atoms with van der Waals surface area (Å²) in [4.78, 5) is 23.9. The van der Waals surface area contributed by atoms with E-state index in [2.05, 4.69) is 15.7 Å². The summed E-state index contributed by atoms with van der Waals surface area (Å²) in [6.07, 6.45) is 4.23. The van der Waals surface area contributed by atoms with Crippen molar-refractivity contribution in [2.45, 2.75) is 30.7 Å².